The van der Waals surface area contributed by atoms with Gasteiger partial charge in [0, 0.05) is 11.8 Å². The normalized spacial score (nSPS) is 14.4. The highest BCUT2D eigenvalue weighted by Crippen LogP contribution is 2.33. The Balaban J connectivity index is 0.000000438. The average Bonchev–Trinajstić information content (AvgIpc) is 3.03. The molecular weight excluding hydrogens is 447 g/mol. The molecular formula is C20H28Cl2N4OS2. The monoisotopic (exact) mass is 474 g/mol. The Hall–Kier alpha value is -0.990. The maximum Gasteiger partial charge on any atom is 0.209 e. The summed E-state index contributed by atoms with van der Waals surface area (Å²) in [7, 11) is 0. The van der Waals surface area contributed by atoms with Crippen molar-refractivity contribution < 1.29 is 4.79 Å². The van der Waals surface area contributed by atoms with Crippen LogP contribution in [0, 0.1) is 5.92 Å². The standard InChI is InChI=1S/C16H17Cl2N3OS.C4H11NS/c17-10-7-4-8-11(18)12(10)13(22)14-15(19)21-16(23-14)20-9-5-2-1-3-6-9;1-4(2)3-6-5/h4,7-9H,1-3,5-6,19H2,(H,20,21);4H,3,5H2,1-2H3. The number of nitrogens with zero attached hydrogens (tertiary/aromatic N) is 1. The number of carbonyl (C=O) groups is 1. The third-order valence-electron chi connectivity index (χ3n) is 4.41. The summed E-state index contributed by atoms with van der Waals surface area (Å²) in [6.45, 7) is 4.31. The van der Waals surface area contributed by atoms with Crippen LogP contribution in [0.2, 0.25) is 10.0 Å². The average molecular weight is 476 g/mol. The van der Waals surface area contributed by atoms with E-state index in [1.165, 1.54) is 42.5 Å². The summed E-state index contributed by atoms with van der Waals surface area (Å²) in [5.41, 5.74) is 6.21. The summed E-state index contributed by atoms with van der Waals surface area (Å²) < 4.78 is 0. The second-order valence-electron chi connectivity index (χ2n) is 7.37. The minimum atomic E-state index is -0.285. The molecule has 0 amide bonds. The van der Waals surface area contributed by atoms with Crippen molar-refractivity contribution in [3.8, 4) is 0 Å². The Morgan fingerprint density at radius 2 is 1.90 bits per heavy atom. The van der Waals surface area contributed by atoms with Gasteiger partial charge in [0.15, 0.2) is 5.13 Å². The molecule has 1 aromatic heterocycles. The van der Waals surface area contributed by atoms with Gasteiger partial charge in [0.1, 0.15) is 10.7 Å². The molecule has 29 heavy (non-hydrogen) atoms. The number of hydrogen-bond acceptors (Lipinski definition) is 7. The van der Waals surface area contributed by atoms with Crippen molar-refractivity contribution >= 4 is 63.2 Å². The fourth-order valence-corrected chi connectivity index (χ4v) is 4.86. The van der Waals surface area contributed by atoms with E-state index < -0.39 is 0 Å². The minimum absolute atomic E-state index is 0.217. The van der Waals surface area contributed by atoms with Crippen molar-refractivity contribution in [2.24, 2.45) is 11.1 Å². The molecule has 1 fully saturated rings. The topological polar surface area (TPSA) is 94.0 Å². The summed E-state index contributed by atoms with van der Waals surface area (Å²) >= 11 is 14.9. The van der Waals surface area contributed by atoms with Crippen LogP contribution < -0.4 is 16.2 Å². The second-order valence-corrected chi connectivity index (χ2v) is 9.85. The van der Waals surface area contributed by atoms with Gasteiger partial charge >= 0.3 is 0 Å². The summed E-state index contributed by atoms with van der Waals surface area (Å²) in [6, 6.07) is 5.38. The fraction of sp³-hybridized carbons (Fsp3) is 0.500. The number of nitrogens with one attached hydrogen (secondary N) is 1. The lowest BCUT2D eigenvalue weighted by Crippen LogP contribution is -2.22. The first kappa shape index (κ1) is 24.3. The molecule has 1 saturated carbocycles. The molecule has 3 rings (SSSR count). The van der Waals surface area contributed by atoms with Gasteiger partial charge in [-0.15, -0.1) is 0 Å². The molecule has 0 radical (unpaired) electrons. The second kappa shape index (κ2) is 12.0. The molecule has 0 spiro atoms. The molecule has 1 heterocycles. The van der Waals surface area contributed by atoms with Gasteiger partial charge < -0.3 is 11.1 Å². The number of carbonyl (C=O) groups excluding carboxylic acids is 1. The Morgan fingerprint density at radius 1 is 1.28 bits per heavy atom. The van der Waals surface area contributed by atoms with Crippen LogP contribution in [0.1, 0.15) is 61.2 Å². The van der Waals surface area contributed by atoms with E-state index in [4.69, 9.17) is 34.1 Å². The van der Waals surface area contributed by atoms with Gasteiger partial charge in [-0.2, -0.15) is 0 Å². The number of anilines is 2. The van der Waals surface area contributed by atoms with Crippen LogP contribution in [-0.2, 0) is 0 Å². The van der Waals surface area contributed by atoms with Crippen LogP contribution in [0.5, 0.6) is 0 Å². The molecule has 0 unspecified atom stereocenters. The minimum Gasteiger partial charge on any atom is -0.382 e. The Kier molecular flexibility index (Phi) is 10.1. The molecule has 1 aliphatic rings. The number of hydrogen-bond donors (Lipinski definition) is 3. The van der Waals surface area contributed by atoms with Crippen LogP contribution >= 0.6 is 46.5 Å². The number of nitrogen functional groups attached to an aromatic ring is 1. The van der Waals surface area contributed by atoms with Crippen LogP contribution in [0.25, 0.3) is 0 Å². The number of benzene rings is 1. The molecule has 1 aliphatic carbocycles. The summed E-state index contributed by atoms with van der Waals surface area (Å²) in [5, 5.41) is 9.85. The SMILES string of the molecule is CC(C)CSN.Nc1nc(NC2CCCCC2)sc1C(=O)c1c(Cl)cccc1Cl. The van der Waals surface area contributed by atoms with Gasteiger partial charge in [-0.1, -0.05) is 85.7 Å². The van der Waals surface area contributed by atoms with Gasteiger partial charge in [-0.3, -0.25) is 9.93 Å². The Labute approximate surface area is 191 Å². The first-order valence-electron chi connectivity index (χ1n) is 9.66. The third-order valence-corrected chi connectivity index (χ3v) is 6.90. The van der Waals surface area contributed by atoms with Crippen LogP contribution in [0.3, 0.4) is 0 Å². The maximum absolute atomic E-state index is 12.7. The predicted octanol–water partition coefficient (Wildman–Crippen LogP) is 6.26. The highest BCUT2D eigenvalue weighted by atomic mass is 35.5. The molecule has 5 N–H and O–H groups in total. The number of thiazole rings is 1. The molecule has 0 aliphatic heterocycles. The maximum atomic E-state index is 12.7. The number of ketones is 1. The first-order valence-corrected chi connectivity index (χ1v) is 12.3. The van der Waals surface area contributed by atoms with Crippen molar-refractivity contribution in [1.82, 2.24) is 4.98 Å². The largest absolute Gasteiger partial charge is 0.382 e. The van der Waals surface area contributed by atoms with E-state index in [-0.39, 0.29) is 17.2 Å². The van der Waals surface area contributed by atoms with E-state index in [0.717, 1.165) is 24.5 Å². The Morgan fingerprint density at radius 3 is 2.41 bits per heavy atom. The lowest BCUT2D eigenvalue weighted by Gasteiger charge is -2.22. The first-order chi connectivity index (χ1) is 13.8. The van der Waals surface area contributed by atoms with Gasteiger partial charge in [0.25, 0.3) is 0 Å². The lowest BCUT2D eigenvalue weighted by molar-refractivity contribution is 0.104. The highest BCUT2D eigenvalue weighted by Gasteiger charge is 2.23. The number of nitrogens with two attached hydrogens (primary N) is 2. The van der Waals surface area contributed by atoms with E-state index >= 15 is 0 Å². The quantitative estimate of drug-likeness (QED) is 0.337. The molecule has 160 valence electrons. The zero-order valence-electron chi connectivity index (χ0n) is 16.7. The molecule has 0 atom stereocenters. The van der Waals surface area contributed by atoms with E-state index in [1.54, 1.807) is 18.2 Å². The van der Waals surface area contributed by atoms with Gasteiger partial charge in [0.2, 0.25) is 5.78 Å². The molecule has 0 saturated heterocycles. The molecule has 1 aromatic carbocycles. The number of halogens is 2. The van der Waals surface area contributed by atoms with Gasteiger partial charge in [0.05, 0.1) is 15.6 Å². The van der Waals surface area contributed by atoms with Gasteiger partial charge in [-0.25, -0.2) is 4.98 Å². The van der Waals surface area contributed by atoms with Gasteiger partial charge in [-0.05, 0) is 30.9 Å². The van der Waals surface area contributed by atoms with Crippen molar-refractivity contribution in [3.05, 3.63) is 38.7 Å². The molecule has 9 heteroatoms. The zero-order valence-corrected chi connectivity index (χ0v) is 19.9. The van der Waals surface area contributed by atoms with E-state index in [0.29, 0.717) is 26.1 Å². The van der Waals surface area contributed by atoms with Crippen molar-refractivity contribution in [1.29, 1.82) is 0 Å². The fourth-order valence-electron chi connectivity index (χ4n) is 3.00. The van der Waals surface area contributed by atoms with Crippen molar-refractivity contribution in [2.45, 2.75) is 52.0 Å². The summed E-state index contributed by atoms with van der Waals surface area (Å²) in [4.78, 5) is 17.4. The summed E-state index contributed by atoms with van der Waals surface area (Å²) in [5.74, 6) is 1.74. The van der Waals surface area contributed by atoms with Crippen LogP contribution in [0.4, 0.5) is 10.9 Å². The molecule has 5 nitrogen and oxygen atoms in total. The molecule has 0 bridgehead atoms. The molecule has 2 aromatic rings. The van der Waals surface area contributed by atoms with Crippen LogP contribution in [0.15, 0.2) is 18.2 Å². The predicted molar refractivity (Wildman–Crippen MR) is 128 cm³/mol. The highest BCUT2D eigenvalue weighted by molar-refractivity contribution is 7.97. The third kappa shape index (κ3) is 7.33. The zero-order chi connectivity index (χ0) is 21.4. The number of rotatable bonds is 6. The Bertz CT molecular complexity index is 788. The van der Waals surface area contributed by atoms with Crippen molar-refractivity contribution in [2.75, 3.05) is 16.8 Å². The number of aromatic nitrogens is 1. The van der Waals surface area contributed by atoms with Crippen LogP contribution in [-0.4, -0.2) is 22.6 Å². The lowest BCUT2D eigenvalue weighted by atomic mass is 9.96. The summed E-state index contributed by atoms with van der Waals surface area (Å²) in [6.07, 6.45) is 5.98. The smallest absolute Gasteiger partial charge is 0.209 e. The van der Waals surface area contributed by atoms with E-state index in [1.807, 2.05) is 0 Å². The van der Waals surface area contributed by atoms with E-state index in [2.05, 4.69) is 24.1 Å². The van der Waals surface area contributed by atoms with Crippen molar-refractivity contribution in [3.63, 3.8) is 0 Å². The van der Waals surface area contributed by atoms with E-state index in [9.17, 15) is 4.79 Å².